The van der Waals surface area contributed by atoms with Crippen LogP contribution in [0.2, 0.25) is 0 Å². The van der Waals surface area contributed by atoms with E-state index in [9.17, 15) is 0 Å². The number of fused-ring (bicyclic) bond motifs is 1. The number of hydrogen-bond donors (Lipinski definition) is 1. The number of hydrogen-bond acceptors (Lipinski definition) is 4. The zero-order chi connectivity index (χ0) is 12.8. The Morgan fingerprint density at radius 1 is 1.33 bits per heavy atom. The lowest BCUT2D eigenvalue weighted by Crippen LogP contribution is -2.10. The smallest absolute Gasteiger partial charge is 0.124 e. The molecule has 0 aliphatic rings. The van der Waals surface area contributed by atoms with Crippen molar-refractivity contribution in [2.75, 3.05) is 19.8 Å². The number of para-hydroxylation sites is 2. The SMILES string of the molecule is N#CCc1nc2ccccc2n1CCOCCO. The van der Waals surface area contributed by atoms with E-state index in [0.29, 0.717) is 19.8 Å². The maximum absolute atomic E-state index is 8.81. The summed E-state index contributed by atoms with van der Waals surface area (Å²) in [6, 6.07) is 9.91. The molecule has 0 aliphatic heterocycles. The van der Waals surface area contributed by atoms with Crippen LogP contribution >= 0.6 is 0 Å². The maximum Gasteiger partial charge on any atom is 0.124 e. The molecule has 5 nitrogen and oxygen atoms in total. The molecular weight excluding hydrogens is 230 g/mol. The standard InChI is InChI=1S/C13H15N3O2/c14-6-5-13-15-11-3-1-2-4-12(11)16(13)7-9-18-10-8-17/h1-4,17H,5,7-10H2. The molecule has 0 spiro atoms. The van der Waals surface area contributed by atoms with E-state index in [4.69, 9.17) is 15.1 Å². The third-order valence-corrected chi connectivity index (χ3v) is 2.67. The van der Waals surface area contributed by atoms with Crippen molar-refractivity contribution in [3.8, 4) is 6.07 Å². The molecule has 1 aromatic heterocycles. The number of imidazole rings is 1. The number of aliphatic hydroxyl groups excluding tert-OH is 1. The highest BCUT2D eigenvalue weighted by atomic mass is 16.5. The highest BCUT2D eigenvalue weighted by molar-refractivity contribution is 5.75. The van der Waals surface area contributed by atoms with E-state index >= 15 is 0 Å². The van der Waals surface area contributed by atoms with E-state index in [-0.39, 0.29) is 13.0 Å². The summed E-state index contributed by atoms with van der Waals surface area (Å²) < 4.78 is 7.25. The lowest BCUT2D eigenvalue weighted by atomic mass is 10.3. The molecule has 18 heavy (non-hydrogen) atoms. The molecule has 0 amide bonds. The van der Waals surface area contributed by atoms with Crippen LogP contribution in [0, 0.1) is 11.3 Å². The van der Waals surface area contributed by atoms with E-state index in [0.717, 1.165) is 16.9 Å². The molecule has 0 aliphatic carbocycles. The minimum Gasteiger partial charge on any atom is -0.394 e. The Morgan fingerprint density at radius 3 is 2.94 bits per heavy atom. The van der Waals surface area contributed by atoms with Gasteiger partial charge in [-0.2, -0.15) is 5.26 Å². The average Bonchev–Trinajstić information content (AvgIpc) is 2.73. The zero-order valence-electron chi connectivity index (χ0n) is 10.0. The second-order valence-electron chi connectivity index (χ2n) is 3.84. The van der Waals surface area contributed by atoms with Gasteiger partial charge >= 0.3 is 0 Å². The quantitative estimate of drug-likeness (QED) is 0.774. The van der Waals surface area contributed by atoms with Crippen LogP contribution in [-0.4, -0.2) is 34.5 Å². The summed E-state index contributed by atoms with van der Waals surface area (Å²) in [5.74, 6) is 0.756. The lowest BCUT2D eigenvalue weighted by molar-refractivity contribution is 0.0872. The van der Waals surface area contributed by atoms with Gasteiger partial charge in [0.2, 0.25) is 0 Å². The van der Waals surface area contributed by atoms with Crippen molar-refractivity contribution in [3.05, 3.63) is 30.1 Å². The summed E-state index contributed by atoms with van der Waals surface area (Å²) in [5, 5.41) is 17.5. The predicted octanol–water partition coefficient (Wildman–Crippen LogP) is 1.11. The molecule has 0 unspecified atom stereocenters. The number of aliphatic hydroxyl groups is 1. The van der Waals surface area contributed by atoms with Gasteiger partial charge in [0.15, 0.2) is 0 Å². The van der Waals surface area contributed by atoms with Crippen molar-refractivity contribution in [2.24, 2.45) is 0 Å². The number of benzene rings is 1. The Bertz CT molecular complexity index is 557. The van der Waals surface area contributed by atoms with Gasteiger partial charge < -0.3 is 14.4 Å². The van der Waals surface area contributed by atoms with E-state index in [1.165, 1.54) is 0 Å². The van der Waals surface area contributed by atoms with Crippen molar-refractivity contribution in [1.82, 2.24) is 9.55 Å². The van der Waals surface area contributed by atoms with Gasteiger partial charge in [0, 0.05) is 6.54 Å². The van der Waals surface area contributed by atoms with E-state index in [1.54, 1.807) is 0 Å². The summed E-state index contributed by atoms with van der Waals surface area (Å²) >= 11 is 0. The van der Waals surface area contributed by atoms with Crippen LogP contribution in [0.3, 0.4) is 0 Å². The van der Waals surface area contributed by atoms with Crippen LogP contribution in [0.4, 0.5) is 0 Å². The molecule has 1 heterocycles. The van der Waals surface area contributed by atoms with Gasteiger partial charge in [0.1, 0.15) is 5.82 Å². The highest BCUT2D eigenvalue weighted by Crippen LogP contribution is 2.16. The summed E-state index contributed by atoms with van der Waals surface area (Å²) in [5.41, 5.74) is 1.90. The Labute approximate surface area is 105 Å². The summed E-state index contributed by atoms with van der Waals surface area (Å²) in [7, 11) is 0. The van der Waals surface area contributed by atoms with E-state index in [2.05, 4.69) is 11.1 Å². The number of aromatic nitrogens is 2. The fourth-order valence-electron chi connectivity index (χ4n) is 1.90. The minimum absolute atomic E-state index is 0.0235. The fraction of sp³-hybridized carbons (Fsp3) is 0.385. The Kier molecular flexibility index (Phi) is 4.29. The summed E-state index contributed by atoms with van der Waals surface area (Å²) in [6.07, 6.45) is 0.286. The molecular formula is C13H15N3O2. The second kappa shape index (κ2) is 6.15. The molecule has 2 rings (SSSR count). The van der Waals surface area contributed by atoms with E-state index in [1.807, 2.05) is 28.8 Å². The molecule has 1 N–H and O–H groups in total. The van der Waals surface area contributed by atoms with Crippen LogP contribution in [0.25, 0.3) is 11.0 Å². The third-order valence-electron chi connectivity index (χ3n) is 2.67. The van der Waals surface area contributed by atoms with Crippen molar-refractivity contribution in [2.45, 2.75) is 13.0 Å². The molecule has 0 bridgehead atoms. The first-order valence-corrected chi connectivity index (χ1v) is 5.86. The molecule has 0 fully saturated rings. The predicted molar refractivity (Wildman–Crippen MR) is 67.0 cm³/mol. The molecule has 2 aromatic rings. The molecule has 1 aromatic carbocycles. The monoisotopic (exact) mass is 245 g/mol. The van der Waals surface area contributed by atoms with Crippen molar-refractivity contribution >= 4 is 11.0 Å². The molecule has 0 atom stereocenters. The van der Waals surface area contributed by atoms with Gasteiger partial charge in [-0.15, -0.1) is 0 Å². The lowest BCUT2D eigenvalue weighted by Gasteiger charge is -2.07. The van der Waals surface area contributed by atoms with Gasteiger partial charge in [-0.1, -0.05) is 12.1 Å². The van der Waals surface area contributed by atoms with Crippen LogP contribution in [-0.2, 0) is 17.7 Å². The van der Waals surface area contributed by atoms with Crippen LogP contribution in [0.5, 0.6) is 0 Å². The minimum atomic E-state index is 0.0235. The third kappa shape index (κ3) is 2.67. The van der Waals surface area contributed by atoms with Gasteiger partial charge in [-0.3, -0.25) is 0 Å². The largest absolute Gasteiger partial charge is 0.394 e. The summed E-state index contributed by atoms with van der Waals surface area (Å²) in [4.78, 5) is 4.44. The van der Waals surface area contributed by atoms with Crippen molar-refractivity contribution in [1.29, 1.82) is 5.26 Å². The van der Waals surface area contributed by atoms with E-state index < -0.39 is 0 Å². The fourth-order valence-corrected chi connectivity index (χ4v) is 1.90. The number of nitriles is 1. The number of rotatable bonds is 6. The molecule has 0 saturated carbocycles. The maximum atomic E-state index is 8.81. The molecule has 94 valence electrons. The Balaban J connectivity index is 2.22. The number of ether oxygens (including phenoxy) is 1. The first kappa shape index (κ1) is 12.6. The van der Waals surface area contributed by atoms with Gasteiger partial charge in [0.25, 0.3) is 0 Å². The van der Waals surface area contributed by atoms with Crippen LogP contribution in [0.1, 0.15) is 5.82 Å². The molecule has 0 radical (unpaired) electrons. The van der Waals surface area contributed by atoms with Crippen molar-refractivity contribution in [3.63, 3.8) is 0 Å². The van der Waals surface area contributed by atoms with Gasteiger partial charge in [-0.25, -0.2) is 4.98 Å². The Hall–Kier alpha value is -1.90. The highest BCUT2D eigenvalue weighted by Gasteiger charge is 2.09. The normalized spacial score (nSPS) is 10.7. The van der Waals surface area contributed by atoms with Crippen LogP contribution < -0.4 is 0 Å². The average molecular weight is 245 g/mol. The first-order valence-electron chi connectivity index (χ1n) is 5.86. The molecule has 0 saturated heterocycles. The second-order valence-corrected chi connectivity index (χ2v) is 3.84. The van der Waals surface area contributed by atoms with Gasteiger partial charge in [-0.05, 0) is 12.1 Å². The number of nitrogens with zero attached hydrogens (tertiary/aromatic N) is 3. The summed E-state index contributed by atoms with van der Waals surface area (Å²) in [6.45, 7) is 1.49. The zero-order valence-corrected chi connectivity index (χ0v) is 10.0. The topological polar surface area (TPSA) is 71.1 Å². The van der Waals surface area contributed by atoms with Crippen molar-refractivity contribution < 1.29 is 9.84 Å². The Morgan fingerprint density at radius 2 is 2.17 bits per heavy atom. The first-order chi connectivity index (χ1) is 8.86. The van der Waals surface area contributed by atoms with Crippen LogP contribution in [0.15, 0.2) is 24.3 Å². The van der Waals surface area contributed by atoms with Gasteiger partial charge in [0.05, 0.1) is 43.3 Å². The molecule has 5 heteroatoms.